The lowest BCUT2D eigenvalue weighted by molar-refractivity contribution is 0.628. The first-order valence-corrected chi connectivity index (χ1v) is 5.44. The molecule has 0 aliphatic rings. The number of halogens is 2. The summed E-state index contributed by atoms with van der Waals surface area (Å²) in [5.41, 5.74) is 7.15. The average Bonchev–Trinajstić information content (AvgIpc) is 2.34. The van der Waals surface area contributed by atoms with Crippen molar-refractivity contribution in [2.45, 2.75) is 6.54 Å². The first-order chi connectivity index (χ1) is 8.20. The molecule has 0 amide bonds. The van der Waals surface area contributed by atoms with E-state index >= 15 is 0 Å². The van der Waals surface area contributed by atoms with Crippen LogP contribution >= 0.6 is 11.6 Å². The predicted molar refractivity (Wildman–Crippen MR) is 66.8 cm³/mol. The molecule has 0 spiro atoms. The molecular weight excluding hydrogens is 241 g/mol. The maximum atomic E-state index is 13.0. The first kappa shape index (κ1) is 11.8. The highest BCUT2D eigenvalue weighted by Crippen LogP contribution is 2.23. The molecule has 0 saturated carbocycles. The summed E-state index contributed by atoms with van der Waals surface area (Å²) in [6.45, 7) is 0.380. The monoisotopic (exact) mass is 251 g/mol. The molecule has 3 N–H and O–H groups in total. The molecule has 1 aromatic heterocycles. The normalized spacial score (nSPS) is 10.3. The number of aromatic nitrogens is 1. The van der Waals surface area contributed by atoms with Crippen molar-refractivity contribution in [2.24, 2.45) is 5.73 Å². The molecule has 88 valence electrons. The Morgan fingerprint density at radius 1 is 1.35 bits per heavy atom. The lowest BCUT2D eigenvalue weighted by Crippen LogP contribution is -2.03. The molecule has 5 heteroatoms. The number of rotatable bonds is 3. The minimum absolute atomic E-state index is 0.0697. The van der Waals surface area contributed by atoms with Crippen LogP contribution in [0.2, 0.25) is 5.02 Å². The Balaban J connectivity index is 2.28. The number of nitrogens with zero attached hydrogens (tertiary/aromatic N) is 1. The Labute approximate surface area is 103 Å². The fraction of sp³-hybridized carbons (Fsp3) is 0.0833. The molecule has 1 heterocycles. The van der Waals surface area contributed by atoms with Gasteiger partial charge in [0.05, 0.1) is 5.02 Å². The highest BCUT2D eigenvalue weighted by atomic mass is 35.5. The van der Waals surface area contributed by atoms with E-state index in [2.05, 4.69) is 10.3 Å². The third-order valence-corrected chi connectivity index (χ3v) is 2.58. The van der Waals surface area contributed by atoms with Gasteiger partial charge in [-0.2, -0.15) is 0 Å². The van der Waals surface area contributed by atoms with Gasteiger partial charge in [-0.15, -0.1) is 0 Å². The van der Waals surface area contributed by atoms with Gasteiger partial charge in [0.2, 0.25) is 0 Å². The van der Waals surface area contributed by atoms with Crippen LogP contribution in [0.5, 0.6) is 0 Å². The van der Waals surface area contributed by atoms with Crippen LogP contribution in [0, 0.1) is 5.82 Å². The standard InChI is InChI=1S/C12H11ClFN3/c13-10-6-9(3-4-11(10)14)17-12-8(7-15)2-1-5-16-12/h1-6H,7,15H2,(H,16,17). The van der Waals surface area contributed by atoms with Crippen molar-refractivity contribution in [3.05, 3.63) is 52.9 Å². The van der Waals surface area contributed by atoms with Gasteiger partial charge in [0.25, 0.3) is 0 Å². The van der Waals surface area contributed by atoms with Gasteiger partial charge in [0, 0.05) is 24.0 Å². The quantitative estimate of drug-likeness (QED) is 0.881. The molecule has 0 aliphatic carbocycles. The van der Waals surface area contributed by atoms with Crippen molar-refractivity contribution < 1.29 is 4.39 Å². The summed E-state index contributed by atoms with van der Waals surface area (Å²) in [4.78, 5) is 4.17. The van der Waals surface area contributed by atoms with Crippen LogP contribution in [-0.4, -0.2) is 4.98 Å². The molecule has 0 radical (unpaired) electrons. The molecule has 17 heavy (non-hydrogen) atoms. The van der Waals surface area contributed by atoms with Crippen molar-refractivity contribution in [1.82, 2.24) is 4.98 Å². The number of anilines is 2. The van der Waals surface area contributed by atoms with Crippen molar-refractivity contribution in [3.63, 3.8) is 0 Å². The van der Waals surface area contributed by atoms with Crippen LogP contribution in [0.3, 0.4) is 0 Å². The van der Waals surface area contributed by atoms with Crippen LogP contribution < -0.4 is 11.1 Å². The Kier molecular flexibility index (Phi) is 3.56. The maximum absolute atomic E-state index is 13.0. The molecule has 2 rings (SSSR count). The molecule has 0 atom stereocenters. The van der Waals surface area contributed by atoms with Crippen LogP contribution in [-0.2, 0) is 6.54 Å². The van der Waals surface area contributed by atoms with Gasteiger partial charge in [0.1, 0.15) is 11.6 Å². The van der Waals surface area contributed by atoms with E-state index in [1.807, 2.05) is 12.1 Å². The topological polar surface area (TPSA) is 50.9 Å². The molecule has 0 saturated heterocycles. The lowest BCUT2D eigenvalue weighted by Gasteiger charge is -2.09. The number of hydrogen-bond acceptors (Lipinski definition) is 3. The van der Waals surface area contributed by atoms with Gasteiger partial charge in [-0.25, -0.2) is 9.37 Å². The second-order valence-corrected chi connectivity index (χ2v) is 3.88. The van der Waals surface area contributed by atoms with E-state index in [4.69, 9.17) is 17.3 Å². The molecule has 1 aromatic carbocycles. The Morgan fingerprint density at radius 3 is 2.88 bits per heavy atom. The summed E-state index contributed by atoms with van der Waals surface area (Å²) in [5, 5.41) is 3.12. The third-order valence-electron chi connectivity index (χ3n) is 2.29. The Bertz CT molecular complexity index is 531. The smallest absolute Gasteiger partial charge is 0.141 e. The van der Waals surface area contributed by atoms with Crippen molar-refractivity contribution in [3.8, 4) is 0 Å². The van der Waals surface area contributed by atoms with E-state index in [0.29, 0.717) is 18.1 Å². The van der Waals surface area contributed by atoms with E-state index in [1.54, 1.807) is 12.3 Å². The fourth-order valence-electron chi connectivity index (χ4n) is 1.43. The zero-order valence-electron chi connectivity index (χ0n) is 8.95. The highest BCUT2D eigenvalue weighted by Gasteiger charge is 2.04. The van der Waals surface area contributed by atoms with Crippen LogP contribution in [0.4, 0.5) is 15.9 Å². The second-order valence-electron chi connectivity index (χ2n) is 3.47. The number of hydrogen-bond donors (Lipinski definition) is 2. The van der Waals surface area contributed by atoms with Gasteiger partial charge in [-0.1, -0.05) is 17.7 Å². The number of benzene rings is 1. The number of nitrogens with two attached hydrogens (primary N) is 1. The molecule has 0 bridgehead atoms. The summed E-state index contributed by atoms with van der Waals surface area (Å²) in [5.74, 6) is 0.204. The van der Waals surface area contributed by atoms with Crippen molar-refractivity contribution >= 4 is 23.1 Å². The van der Waals surface area contributed by atoms with E-state index in [0.717, 1.165) is 5.56 Å². The summed E-state index contributed by atoms with van der Waals surface area (Å²) in [7, 11) is 0. The number of pyridine rings is 1. The minimum Gasteiger partial charge on any atom is -0.340 e. The SMILES string of the molecule is NCc1cccnc1Nc1ccc(F)c(Cl)c1. The van der Waals surface area contributed by atoms with Crippen molar-refractivity contribution in [2.75, 3.05) is 5.32 Å². The Hall–Kier alpha value is -1.65. The van der Waals surface area contributed by atoms with Gasteiger partial charge in [-0.3, -0.25) is 0 Å². The molecule has 3 nitrogen and oxygen atoms in total. The lowest BCUT2D eigenvalue weighted by atomic mass is 10.2. The Morgan fingerprint density at radius 2 is 2.18 bits per heavy atom. The van der Waals surface area contributed by atoms with Gasteiger partial charge in [-0.05, 0) is 24.3 Å². The van der Waals surface area contributed by atoms with Crippen LogP contribution in [0.25, 0.3) is 0 Å². The molecule has 0 unspecified atom stereocenters. The summed E-state index contributed by atoms with van der Waals surface area (Å²) >= 11 is 5.69. The van der Waals surface area contributed by atoms with E-state index < -0.39 is 5.82 Å². The second kappa shape index (κ2) is 5.12. The summed E-state index contributed by atoms with van der Waals surface area (Å²) < 4.78 is 13.0. The third kappa shape index (κ3) is 2.72. The summed E-state index contributed by atoms with van der Waals surface area (Å²) in [6.07, 6.45) is 1.66. The minimum atomic E-state index is -0.447. The summed E-state index contributed by atoms with van der Waals surface area (Å²) in [6, 6.07) is 8.09. The van der Waals surface area contributed by atoms with Gasteiger partial charge < -0.3 is 11.1 Å². The van der Waals surface area contributed by atoms with Gasteiger partial charge >= 0.3 is 0 Å². The maximum Gasteiger partial charge on any atom is 0.141 e. The molecule has 0 aliphatic heterocycles. The zero-order chi connectivity index (χ0) is 12.3. The van der Waals surface area contributed by atoms with Crippen LogP contribution in [0.15, 0.2) is 36.5 Å². The van der Waals surface area contributed by atoms with Gasteiger partial charge in [0.15, 0.2) is 0 Å². The van der Waals surface area contributed by atoms with E-state index in [9.17, 15) is 4.39 Å². The van der Waals surface area contributed by atoms with Crippen LogP contribution in [0.1, 0.15) is 5.56 Å². The van der Waals surface area contributed by atoms with E-state index in [-0.39, 0.29) is 5.02 Å². The first-order valence-electron chi connectivity index (χ1n) is 5.06. The van der Waals surface area contributed by atoms with Crippen molar-refractivity contribution in [1.29, 1.82) is 0 Å². The largest absolute Gasteiger partial charge is 0.340 e. The molecule has 0 fully saturated rings. The highest BCUT2D eigenvalue weighted by molar-refractivity contribution is 6.31. The molecular formula is C12H11ClFN3. The zero-order valence-corrected chi connectivity index (χ0v) is 9.71. The predicted octanol–water partition coefficient (Wildman–Crippen LogP) is 3.08. The fourth-order valence-corrected chi connectivity index (χ4v) is 1.61. The van der Waals surface area contributed by atoms with E-state index in [1.165, 1.54) is 12.1 Å². The number of nitrogens with one attached hydrogen (secondary N) is 1. The molecule has 2 aromatic rings. The average molecular weight is 252 g/mol.